The fraction of sp³-hybridized carbons (Fsp3) is 0.412. The molecule has 1 aromatic carbocycles. The SMILES string of the molecule is COc1cc(Cl)cc(C)c1-c1ccc(N2CCO[C@H](CO)C2)nn1. The molecular formula is C17H20ClN3O3. The van der Waals surface area contributed by atoms with Crippen molar-refractivity contribution in [1.29, 1.82) is 0 Å². The lowest BCUT2D eigenvalue weighted by Crippen LogP contribution is -2.44. The number of benzene rings is 1. The second-order valence-electron chi connectivity index (χ2n) is 5.70. The summed E-state index contributed by atoms with van der Waals surface area (Å²) in [5, 5.41) is 18.6. The molecule has 0 saturated carbocycles. The second-order valence-corrected chi connectivity index (χ2v) is 6.13. The summed E-state index contributed by atoms with van der Waals surface area (Å²) in [6.45, 7) is 3.87. The third kappa shape index (κ3) is 3.45. The molecule has 128 valence electrons. The van der Waals surface area contributed by atoms with Crippen LogP contribution >= 0.6 is 11.6 Å². The van der Waals surface area contributed by atoms with Gasteiger partial charge in [-0.1, -0.05) is 11.6 Å². The molecule has 0 unspecified atom stereocenters. The van der Waals surface area contributed by atoms with Gasteiger partial charge in [-0.05, 0) is 36.8 Å². The summed E-state index contributed by atoms with van der Waals surface area (Å²) in [5.41, 5.74) is 2.60. The minimum atomic E-state index is -0.182. The number of aliphatic hydroxyl groups excluding tert-OH is 1. The van der Waals surface area contributed by atoms with Crippen molar-refractivity contribution in [3.63, 3.8) is 0 Å². The molecule has 1 aliphatic rings. The highest BCUT2D eigenvalue weighted by molar-refractivity contribution is 6.31. The number of methoxy groups -OCH3 is 1. The fourth-order valence-corrected chi connectivity index (χ4v) is 3.13. The Bertz CT molecular complexity index is 709. The molecular weight excluding hydrogens is 330 g/mol. The topological polar surface area (TPSA) is 67.7 Å². The van der Waals surface area contributed by atoms with E-state index in [9.17, 15) is 5.11 Å². The van der Waals surface area contributed by atoms with Crippen molar-refractivity contribution in [1.82, 2.24) is 10.2 Å². The van der Waals surface area contributed by atoms with Crippen molar-refractivity contribution in [3.05, 3.63) is 34.9 Å². The largest absolute Gasteiger partial charge is 0.496 e. The monoisotopic (exact) mass is 349 g/mol. The van der Waals surface area contributed by atoms with Crippen LogP contribution in [0.2, 0.25) is 5.02 Å². The number of ether oxygens (including phenoxy) is 2. The highest BCUT2D eigenvalue weighted by Crippen LogP contribution is 2.34. The van der Waals surface area contributed by atoms with E-state index in [1.165, 1.54) is 0 Å². The van der Waals surface area contributed by atoms with E-state index in [1.807, 2.05) is 25.1 Å². The summed E-state index contributed by atoms with van der Waals surface area (Å²) < 4.78 is 10.9. The lowest BCUT2D eigenvalue weighted by Gasteiger charge is -2.32. The van der Waals surface area contributed by atoms with Crippen LogP contribution in [0.5, 0.6) is 5.75 Å². The average molecular weight is 350 g/mol. The van der Waals surface area contributed by atoms with Crippen LogP contribution in [0.4, 0.5) is 5.82 Å². The quantitative estimate of drug-likeness (QED) is 0.913. The predicted molar refractivity (Wildman–Crippen MR) is 92.8 cm³/mol. The zero-order chi connectivity index (χ0) is 17.1. The van der Waals surface area contributed by atoms with Gasteiger partial charge in [0.15, 0.2) is 5.82 Å². The number of aryl methyl sites for hydroxylation is 1. The highest BCUT2D eigenvalue weighted by atomic mass is 35.5. The van der Waals surface area contributed by atoms with Crippen molar-refractivity contribution < 1.29 is 14.6 Å². The standard InChI is InChI=1S/C17H20ClN3O3/c1-11-7-12(18)8-15(23-2)17(11)14-3-4-16(20-19-14)21-5-6-24-13(9-21)10-22/h3-4,7-8,13,22H,5-6,9-10H2,1-2H3/t13-/m0/s1. The van der Waals surface area contributed by atoms with Crippen molar-refractivity contribution >= 4 is 17.4 Å². The maximum atomic E-state index is 9.25. The van der Waals surface area contributed by atoms with Gasteiger partial charge >= 0.3 is 0 Å². The van der Waals surface area contributed by atoms with Gasteiger partial charge in [0.2, 0.25) is 0 Å². The molecule has 0 aliphatic carbocycles. The first-order chi connectivity index (χ1) is 11.6. The third-order valence-electron chi connectivity index (χ3n) is 4.06. The third-order valence-corrected chi connectivity index (χ3v) is 4.28. The molecule has 0 spiro atoms. The Hall–Kier alpha value is -1.89. The summed E-state index contributed by atoms with van der Waals surface area (Å²) in [6, 6.07) is 7.50. The maximum absolute atomic E-state index is 9.25. The minimum Gasteiger partial charge on any atom is -0.496 e. The Morgan fingerprint density at radius 3 is 2.88 bits per heavy atom. The van der Waals surface area contributed by atoms with Gasteiger partial charge in [0.25, 0.3) is 0 Å². The van der Waals surface area contributed by atoms with E-state index >= 15 is 0 Å². The summed E-state index contributed by atoms with van der Waals surface area (Å²) in [6.07, 6.45) is -0.182. The van der Waals surface area contributed by atoms with Crippen LogP contribution in [0, 0.1) is 6.92 Å². The first-order valence-electron chi connectivity index (χ1n) is 7.78. The van der Waals surface area contributed by atoms with E-state index in [4.69, 9.17) is 21.1 Å². The number of anilines is 1. The second kappa shape index (κ2) is 7.34. The van der Waals surface area contributed by atoms with E-state index < -0.39 is 0 Å². The molecule has 2 aromatic rings. The molecule has 6 nitrogen and oxygen atoms in total. The van der Waals surface area contributed by atoms with Crippen LogP contribution < -0.4 is 9.64 Å². The fourth-order valence-electron chi connectivity index (χ4n) is 2.87. The molecule has 1 aromatic heterocycles. The van der Waals surface area contributed by atoms with Crippen molar-refractivity contribution in [3.8, 4) is 17.0 Å². The number of aromatic nitrogens is 2. The Morgan fingerprint density at radius 1 is 1.38 bits per heavy atom. The Morgan fingerprint density at radius 2 is 2.21 bits per heavy atom. The number of hydrogen-bond acceptors (Lipinski definition) is 6. The number of nitrogens with zero attached hydrogens (tertiary/aromatic N) is 3. The van der Waals surface area contributed by atoms with Crippen LogP contribution in [-0.4, -0.2) is 54.8 Å². The van der Waals surface area contributed by atoms with Gasteiger partial charge in [0, 0.05) is 23.7 Å². The van der Waals surface area contributed by atoms with Crippen LogP contribution in [0.3, 0.4) is 0 Å². The molecule has 1 aliphatic heterocycles. The highest BCUT2D eigenvalue weighted by Gasteiger charge is 2.21. The van der Waals surface area contributed by atoms with Gasteiger partial charge in [-0.3, -0.25) is 0 Å². The first kappa shape index (κ1) is 17.0. The van der Waals surface area contributed by atoms with Gasteiger partial charge in [-0.25, -0.2) is 0 Å². The number of rotatable bonds is 4. The molecule has 7 heteroatoms. The minimum absolute atomic E-state index is 0.00316. The van der Waals surface area contributed by atoms with E-state index in [0.29, 0.717) is 23.9 Å². The molecule has 24 heavy (non-hydrogen) atoms. The maximum Gasteiger partial charge on any atom is 0.151 e. The molecule has 1 fully saturated rings. The molecule has 1 saturated heterocycles. The van der Waals surface area contributed by atoms with Crippen LogP contribution in [0.1, 0.15) is 5.56 Å². The van der Waals surface area contributed by atoms with Crippen LogP contribution in [-0.2, 0) is 4.74 Å². The predicted octanol–water partition coefficient (Wildman–Crippen LogP) is 2.31. The molecule has 0 radical (unpaired) electrons. The first-order valence-corrected chi connectivity index (χ1v) is 8.16. The molecule has 0 bridgehead atoms. The van der Waals surface area contributed by atoms with Crippen molar-refractivity contribution in [2.45, 2.75) is 13.0 Å². The summed E-state index contributed by atoms with van der Waals surface area (Å²) in [7, 11) is 1.61. The zero-order valence-electron chi connectivity index (χ0n) is 13.7. The van der Waals surface area contributed by atoms with Gasteiger partial charge < -0.3 is 19.5 Å². The number of hydrogen-bond donors (Lipinski definition) is 1. The molecule has 2 heterocycles. The van der Waals surface area contributed by atoms with Crippen molar-refractivity contribution in [2.75, 3.05) is 38.3 Å². The lowest BCUT2D eigenvalue weighted by molar-refractivity contribution is 0.00332. The number of morpholine rings is 1. The van der Waals surface area contributed by atoms with E-state index in [2.05, 4.69) is 15.1 Å². The van der Waals surface area contributed by atoms with Crippen LogP contribution in [0.25, 0.3) is 11.3 Å². The van der Waals surface area contributed by atoms with Gasteiger partial charge in [-0.2, -0.15) is 0 Å². The Kier molecular flexibility index (Phi) is 5.18. The Labute approximate surface area is 146 Å². The average Bonchev–Trinajstić information content (AvgIpc) is 2.61. The lowest BCUT2D eigenvalue weighted by atomic mass is 10.0. The molecule has 0 amide bonds. The molecule has 1 atom stereocenters. The molecule has 3 rings (SSSR count). The van der Waals surface area contributed by atoms with Crippen molar-refractivity contribution in [2.24, 2.45) is 0 Å². The zero-order valence-corrected chi connectivity index (χ0v) is 14.5. The molecule has 1 N–H and O–H groups in total. The Balaban J connectivity index is 1.88. The normalized spacial score (nSPS) is 17.8. The smallest absolute Gasteiger partial charge is 0.151 e. The van der Waals surface area contributed by atoms with E-state index in [0.717, 1.165) is 29.2 Å². The van der Waals surface area contributed by atoms with E-state index in [1.54, 1.807) is 13.2 Å². The van der Waals surface area contributed by atoms with Gasteiger partial charge in [0.05, 0.1) is 32.1 Å². The summed E-state index contributed by atoms with van der Waals surface area (Å²) >= 11 is 6.09. The number of aliphatic hydroxyl groups is 1. The number of halogens is 1. The van der Waals surface area contributed by atoms with Crippen LogP contribution in [0.15, 0.2) is 24.3 Å². The van der Waals surface area contributed by atoms with Gasteiger partial charge in [0.1, 0.15) is 5.75 Å². The summed E-state index contributed by atoms with van der Waals surface area (Å²) in [4.78, 5) is 2.06. The van der Waals surface area contributed by atoms with E-state index in [-0.39, 0.29) is 12.7 Å². The van der Waals surface area contributed by atoms with Gasteiger partial charge in [-0.15, -0.1) is 10.2 Å². The summed E-state index contributed by atoms with van der Waals surface area (Å²) in [5.74, 6) is 1.44.